The molecule has 0 aliphatic carbocycles. The van der Waals surface area contributed by atoms with E-state index in [1.807, 2.05) is 0 Å². The van der Waals surface area contributed by atoms with Crippen LogP contribution in [0.3, 0.4) is 0 Å². The van der Waals surface area contributed by atoms with Gasteiger partial charge >= 0.3 is 0 Å². The van der Waals surface area contributed by atoms with Crippen molar-refractivity contribution >= 4 is 5.96 Å². The lowest BCUT2D eigenvalue weighted by Crippen LogP contribution is -2.36. The van der Waals surface area contributed by atoms with Crippen molar-refractivity contribution in [1.29, 1.82) is 5.41 Å². The molecule has 0 saturated carbocycles. The van der Waals surface area contributed by atoms with Gasteiger partial charge in [0.05, 0.1) is 7.11 Å². The monoisotopic (exact) mass is 145 g/mol. The number of guanidine groups is 1. The lowest BCUT2D eigenvalue weighted by Gasteiger charge is -2.18. The zero-order chi connectivity index (χ0) is 7.98. The van der Waals surface area contributed by atoms with E-state index in [2.05, 4.69) is 6.92 Å². The van der Waals surface area contributed by atoms with Gasteiger partial charge in [-0.1, -0.05) is 13.3 Å². The Hall–Kier alpha value is -0.770. The summed E-state index contributed by atoms with van der Waals surface area (Å²) >= 11 is 0. The first-order valence-corrected chi connectivity index (χ1v) is 3.38. The van der Waals surface area contributed by atoms with E-state index in [1.54, 1.807) is 0 Å². The second-order valence-electron chi connectivity index (χ2n) is 2.02. The van der Waals surface area contributed by atoms with Gasteiger partial charge in [-0.25, -0.2) is 5.06 Å². The molecule has 0 aromatic rings. The molecule has 0 aromatic carbocycles. The number of rotatable bonds is 4. The quantitative estimate of drug-likeness (QED) is 0.345. The highest BCUT2D eigenvalue weighted by molar-refractivity contribution is 5.73. The summed E-state index contributed by atoms with van der Waals surface area (Å²) in [5.74, 6) is -0.0315. The van der Waals surface area contributed by atoms with E-state index in [9.17, 15) is 0 Å². The molecule has 0 atom stereocenters. The Balaban J connectivity index is 3.50. The number of hydroxylamine groups is 2. The Morgan fingerprint density at radius 1 is 1.70 bits per heavy atom. The number of nitrogens with one attached hydrogen (secondary N) is 1. The standard InChI is InChI=1S/C6H15N3O/c1-3-4-5-9(10-2)6(7)8/h3-5H2,1-2H3,(H3,7,8). The molecule has 0 aliphatic rings. The van der Waals surface area contributed by atoms with Gasteiger partial charge in [0, 0.05) is 6.54 Å². The van der Waals surface area contributed by atoms with Crippen molar-refractivity contribution in [2.24, 2.45) is 5.73 Å². The zero-order valence-electron chi connectivity index (χ0n) is 6.55. The molecule has 0 radical (unpaired) electrons. The van der Waals surface area contributed by atoms with Crippen molar-refractivity contribution in [3.8, 4) is 0 Å². The van der Waals surface area contributed by atoms with Gasteiger partial charge in [-0.2, -0.15) is 0 Å². The molecule has 4 nitrogen and oxygen atoms in total. The first kappa shape index (κ1) is 9.23. The van der Waals surface area contributed by atoms with Crippen molar-refractivity contribution in [3.63, 3.8) is 0 Å². The van der Waals surface area contributed by atoms with Crippen LogP contribution in [0.5, 0.6) is 0 Å². The molecule has 0 heterocycles. The second-order valence-corrected chi connectivity index (χ2v) is 2.02. The summed E-state index contributed by atoms with van der Waals surface area (Å²) < 4.78 is 0. The number of hydrogen-bond acceptors (Lipinski definition) is 2. The second kappa shape index (κ2) is 5.05. The molecule has 0 aromatic heterocycles. The summed E-state index contributed by atoms with van der Waals surface area (Å²) in [6.07, 6.45) is 2.07. The Labute approximate surface area is 61.4 Å². The third-order valence-electron chi connectivity index (χ3n) is 1.20. The molecule has 0 spiro atoms. The highest BCUT2D eigenvalue weighted by atomic mass is 16.7. The van der Waals surface area contributed by atoms with Crippen LogP contribution in [-0.2, 0) is 4.84 Å². The van der Waals surface area contributed by atoms with Gasteiger partial charge in [-0.05, 0) is 6.42 Å². The number of nitrogens with two attached hydrogens (primary N) is 1. The summed E-state index contributed by atoms with van der Waals surface area (Å²) in [7, 11) is 1.51. The molecule has 4 heteroatoms. The highest BCUT2D eigenvalue weighted by Crippen LogP contribution is 1.92. The molecule has 0 rings (SSSR count). The molecule has 0 fully saturated rings. The first-order chi connectivity index (χ1) is 4.72. The molecule has 0 unspecified atom stereocenters. The lowest BCUT2D eigenvalue weighted by atomic mass is 10.3. The van der Waals surface area contributed by atoms with Gasteiger partial charge in [-0.3, -0.25) is 10.2 Å². The van der Waals surface area contributed by atoms with E-state index in [0.29, 0.717) is 6.54 Å². The van der Waals surface area contributed by atoms with Crippen LogP contribution in [0.2, 0.25) is 0 Å². The Morgan fingerprint density at radius 2 is 2.30 bits per heavy atom. The van der Waals surface area contributed by atoms with Crippen molar-refractivity contribution in [2.75, 3.05) is 13.7 Å². The predicted molar refractivity (Wildman–Crippen MR) is 40.5 cm³/mol. The Morgan fingerprint density at radius 3 is 2.60 bits per heavy atom. The van der Waals surface area contributed by atoms with E-state index in [0.717, 1.165) is 12.8 Å². The van der Waals surface area contributed by atoms with Crippen LogP contribution in [0.25, 0.3) is 0 Å². The van der Waals surface area contributed by atoms with Crippen LogP contribution in [0.1, 0.15) is 19.8 Å². The van der Waals surface area contributed by atoms with Gasteiger partial charge in [-0.15, -0.1) is 0 Å². The Bertz CT molecular complexity index is 105. The number of unbranched alkanes of at least 4 members (excludes halogenated alkanes) is 1. The van der Waals surface area contributed by atoms with E-state index < -0.39 is 0 Å². The number of nitrogens with zero attached hydrogens (tertiary/aromatic N) is 1. The molecular weight excluding hydrogens is 130 g/mol. The SMILES string of the molecule is CCCCN(OC)C(=N)N. The fraction of sp³-hybridized carbons (Fsp3) is 0.833. The molecule has 3 N–H and O–H groups in total. The van der Waals surface area contributed by atoms with Crippen LogP contribution in [0.15, 0.2) is 0 Å². The third kappa shape index (κ3) is 3.29. The van der Waals surface area contributed by atoms with Gasteiger partial charge in [0.25, 0.3) is 0 Å². The highest BCUT2D eigenvalue weighted by Gasteiger charge is 2.01. The summed E-state index contributed by atoms with van der Waals surface area (Å²) in [4.78, 5) is 4.80. The van der Waals surface area contributed by atoms with Gasteiger partial charge < -0.3 is 5.73 Å². The van der Waals surface area contributed by atoms with Gasteiger partial charge in [0.2, 0.25) is 5.96 Å². The molecular formula is C6H15N3O. The van der Waals surface area contributed by atoms with Gasteiger partial charge in [0.15, 0.2) is 0 Å². The van der Waals surface area contributed by atoms with E-state index in [-0.39, 0.29) is 5.96 Å². The van der Waals surface area contributed by atoms with Crippen molar-refractivity contribution in [2.45, 2.75) is 19.8 Å². The normalized spacial score (nSPS) is 9.40. The molecule has 0 amide bonds. The average molecular weight is 145 g/mol. The topological polar surface area (TPSA) is 62.3 Å². The molecule has 60 valence electrons. The summed E-state index contributed by atoms with van der Waals surface area (Å²) in [5.41, 5.74) is 5.17. The first-order valence-electron chi connectivity index (χ1n) is 3.38. The largest absolute Gasteiger partial charge is 0.368 e. The van der Waals surface area contributed by atoms with Crippen LogP contribution in [0.4, 0.5) is 0 Å². The Kier molecular flexibility index (Phi) is 4.66. The fourth-order valence-corrected chi connectivity index (χ4v) is 0.612. The summed E-state index contributed by atoms with van der Waals surface area (Å²) in [5, 5.41) is 8.37. The minimum Gasteiger partial charge on any atom is -0.368 e. The average Bonchev–Trinajstić information content (AvgIpc) is 1.89. The van der Waals surface area contributed by atoms with Crippen molar-refractivity contribution < 1.29 is 4.84 Å². The smallest absolute Gasteiger partial charge is 0.212 e. The molecule has 0 bridgehead atoms. The summed E-state index contributed by atoms with van der Waals surface area (Å²) in [6, 6.07) is 0. The maximum atomic E-state index is 7.01. The van der Waals surface area contributed by atoms with Crippen LogP contribution >= 0.6 is 0 Å². The van der Waals surface area contributed by atoms with Crippen molar-refractivity contribution in [1.82, 2.24) is 5.06 Å². The predicted octanol–water partition coefficient (Wildman–Crippen LogP) is 0.543. The lowest BCUT2D eigenvalue weighted by molar-refractivity contribution is -0.0673. The maximum absolute atomic E-state index is 7.01. The fourth-order valence-electron chi connectivity index (χ4n) is 0.612. The summed E-state index contributed by atoms with van der Waals surface area (Å²) in [6.45, 7) is 2.77. The van der Waals surface area contributed by atoms with E-state index in [4.69, 9.17) is 16.0 Å². The van der Waals surface area contributed by atoms with Crippen LogP contribution in [0, 0.1) is 5.41 Å². The van der Waals surface area contributed by atoms with Gasteiger partial charge in [0.1, 0.15) is 0 Å². The molecule has 0 aliphatic heterocycles. The van der Waals surface area contributed by atoms with Crippen molar-refractivity contribution in [3.05, 3.63) is 0 Å². The minimum atomic E-state index is -0.0315. The van der Waals surface area contributed by atoms with E-state index in [1.165, 1.54) is 12.2 Å². The van der Waals surface area contributed by atoms with Crippen LogP contribution in [-0.4, -0.2) is 24.7 Å². The molecule has 10 heavy (non-hydrogen) atoms. The minimum absolute atomic E-state index is 0.0315. The van der Waals surface area contributed by atoms with Crippen LogP contribution < -0.4 is 5.73 Å². The number of hydrogen-bond donors (Lipinski definition) is 2. The zero-order valence-corrected chi connectivity index (χ0v) is 6.55. The third-order valence-corrected chi connectivity index (χ3v) is 1.20. The van der Waals surface area contributed by atoms with E-state index >= 15 is 0 Å². The maximum Gasteiger partial charge on any atom is 0.212 e. The molecule has 0 saturated heterocycles.